The van der Waals surface area contributed by atoms with Gasteiger partial charge in [-0.3, -0.25) is 14.7 Å². The summed E-state index contributed by atoms with van der Waals surface area (Å²) in [6.45, 7) is 4.81. The molecule has 3 aromatic carbocycles. The van der Waals surface area contributed by atoms with Crippen LogP contribution in [0.25, 0.3) is 22.0 Å². The van der Waals surface area contributed by atoms with Crippen LogP contribution in [0.15, 0.2) is 72.9 Å². The van der Waals surface area contributed by atoms with Crippen LogP contribution in [-0.4, -0.2) is 42.0 Å². The number of hydrogen-bond acceptors (Lipinski definition) is 4. The molecule has 1 saturated heterocycles. The molecule has 0 aliphatic carbocycles. The van der Waals surface area contributed by atoms with Crippen molar-refractivity contribution in [3.05, 3.63) is 94.1 Å². The Morgan fingerprint density at radius 3 is 2.62 bits per heavy atom. The zero-order valence-electron chi connectivity index (χ0n) is 18.5. The monoisotopic (exact) mass is 490 g/mol. The van der Waals surface area contributed by atoms with E-state index in [0.717, 1.165) is 60.3 Å². The van der Waals surface area contributed by atoms with Gasteiger partial charge in [0.1, 0.15) is 0 Å². The molecular weight excluding hydrogens is 467 g/mol. The van der Waals surface area contributed by atoms with Crippen molar-refractivity contribution < 1.29 is 4.79 Å². The molecule has 2 N–H and O–H groups in total. The molecule has 5 rings (SSSR count). The number of amides is 1. The van der Waals surface area contributed by atoms with Gasteiger partial charge in [0.05, 0.1) is 21.3 Å². The topological polar surface area (TPSA) is 57.3 Å². The smallest absolute Gasteiger partial charge is 0.257 e. The van der Waals surface area contributed by atoms with Crippen molar-refractivity contribution in [2.24, 2.45) is 0 Å². The molecule has 1 amide bonds. The molecule has 1 fully saturated rings. The summed E-state index contributed by atoms with van der Waals surface area (Å²) in [6.07, 6.45) is 1.76. The highest BCUT2D eigenvalue weighted by atomic mass is 35.5. The molecule has 5 nitrogen and oxygen atoms in total. The van der Waals surface area contributed by atoms with Crippen molar-refractivity contribution in [2.75, 3.05) is 31.5 Å². The molecule has 7 heteroatoms. The molecule has 0 saturated carbocycles. The maximum absolute atomic E-state index is 13.0. The lowest BCUT2D eigenvalue weighted by molar-refractivity contribution is 0.102. The number of halogens is 2. The first-order valence-corrected chi connectivity index (χ1v) is 12.0. The molecule has 0 spiro atoms. The van der Waals surface area contributed by atoms with E-state index < -0.39 is 0 Å². The summed E-state index contributed by atoms with van der Waals surface area (Å²) in [5.41, 5.74) is 3.69. The van der Waals surface area contributed by atoms with E-state index in [9.17, 15) is 4.79 Å². The average molecular weight is 491 g/mol. The van der Waals surface area contributed by atoms with Crippen molar-refractivity contribution in [1.82, 2.24) is 15.2 Å². The zero-order chi connectivity index (χ0) is 23.5. The number of anilines is 1. The second kappa shape index (κ2) is 10.1. The van der Waals surface area contributed by atoms with E-state index in [1.807, 2.05) is 48.5 Å². The quantitative estimate of drug-likeness (QED) is 0.367. The first kappa shape index (κ1) is 22.8. The van der Waals surface area contributed by atoms with E-state index in [-0.39, 0.29) is 5.91 Å². The van der Waals surface area contributed by atoms with Crippen LogP contribution < -0.4 is 10.6 Å². The highest BCUT2D eigenvalue weighted by molar-refractivity contribution is 6.35. The Hall–Kier alpha value is -2.96. The molecule has 0 bridgehead atoms. The first-order chi connectivity index (χ1) is 16.6. The van der Waals surface area contributed by atoms with Crippen LogP contribution in [0.5, 0.6) is 0 Å². The number of fused-ring (bicyclic) bond motifs is 1. The van der Waals surface area contributed by atoms with E-state index in [2.05, 4.69) is 20.5 Å². The third kappa shape index (κ3) is 4.93. The third-order valence-electron chi connectivity index (χ3n) is 6.05. The first-order valence-electron chi connectivity index (χ1n) is 11.2. The predicted octanol–water partition coefficient (Wildman–Crippen LogP) is 5.87. The minimum atomic E-state index is -0.266. The number of nitrogens with zero attached hydrogens (tertiary/aromatic N) is 2. The maximum atomic E-state index is 13.0. The molecule has 1 aliphatic heterocycles. The molecule has 0 radical (unpaired) electrons. The highest BCUT2D eigenvalue weighted by Crippen LogP contribution is 2.34. The number of rotatable bonds is 5. The lowest BCUT2D eigenvalue weighted by Crippen LogP contribution is -2.42. The van der Waals surface area contributed by atoms with E-state index in [1.54, 1.807) is 24.4 Å². The van der Waals surface area contributed by atoms with Crippen LogP contribution in [0.4, 0.5) is 5.69 Å². The molecule has 1 aromatic heterocycles. The van der Waals surface area contributed by atoms with Crippen molar-refractivity contribution in [2.45, 2.75) is 6.54 Å². The number of piperazine rings is 1. The fourth-order valence-electron chi connectivity index (χ4n) is 4.29. The number of pyridine rings is 1. The van der Waals surface area contributed by atoms with Crippen molar-refractivity contribution >= 4 is 45.6 Å². The molecule has 172 valence electrons. The van der Waals surface area contributed by atoms with Gasteiger partial charge in [0.25, 0.3) is 5.91 Å². The van der Waals surface area contributed by atoms with Gasteiger partial charge in [0.15, 0.2) is 0 Å². The standard InChI is InChI=1S/C27H24Cl2N4O/c28-24-8-6-20(16-23(24)26-21-4-2-1-3-19(21)9-10-31-26)32-27(34)22-7-5-18(15-25(22)29)17-33-13-11-30-12-14-33/h1-10,15-16,30H,11-14,17H2,(H,32,34). The second-order valence-corrected chi connectivity index (χ2v) is 9.18. The van der Waals surface area contributed by atoms with Gasteiger partial charge in [0.2, 0.25) is 0 Å². The molecule has 0 unspecified atom stereocenters. The second-order valence-electron chi connectivity index (χ2n) is 8.37. The Kier molecular flexibility index (Phi) is 6.79. The fraction of sp³-hybridized carbons (Fsp3) is 0.185. The normalized spacial score (nSPS) is 14.3. The minimum Gasteiger partial charge on any atom is -0.322 e. The van der Waals surface area contributed by atoms with Gasteiger partial charge in [-0.15, -0.1) is 0 Å². The van der Waals surface area contributed by atoms with Gasteiger partial charge in [-0.1, -0.05) is 53.5 Å². The van der Waals surface area contributed by atoms with E-state index >= 15 is 0 Å². The van der Waals surface area contributed by atoms with Crippen LogP contribution in [0.3, 0.4) is 0 Å². The Morgan fingerprint density at radius 1 is 0.971 bits per heavy atom. The number of aromatic nitrogens is 1. The molecule has 0 atom stereocenters. The predicted molar refractivity (Wildman–Crippen MR) is 140 cm³/mol. The minimum absolute atomic E-state index is 0.266. The summed E-state index contributed by atoms with van der Waals surface area (Å²) in [6, 6.07) is 21.0. The number of benzene rings is 3. The van der Waals surface area contributed by atoms with Crippen LogP contribution >= 0.6 is 23.2 Å². The summed E-state index contributed by atoms with van der Waals surface area (Å²) in [4.78, 5) is 20.0. The van der Waals surface area contributed by atoms with Gasteiger partial charge in [-0.25, -0.2) is 0 Å². The lowest BCUT2D eigenvalue weighted by atomic mass is 10.0. The third-order valence-corrected chi connectivity index (χ3v) is 6.69. The molecule has 4 aromatic rings. The SMILES string of the molecule is O=C(Nc1ccc(Cl)c(-c2nccc3ccccc23)c1)c1ccc(CN2CCNCC2)cc1Cl. The highest BCUT2D eigenvalue weighted by Gasteiger charge is 2.16. The van der Waals surface area contributed by atoms with E-state index in [1.165, 1.54) is 0 Å². The van der Waals surface area contributed by atoms with Crippen molar-refractivity contribution in [3.63, 3.8) is 0 Å². The summed E-state index contributed by atoms with van der Waals surface area (Å²) in [5, 5.41) is 9.39. The summed E-state index contributed by atoms with van der Waals surface area (Å²) in [7, 11) is 0. The van der Waals surface area contributed by atoms with Crippen LogP contribution in [0.2, 0.25) is 10.0 Å². The van der Waals surface area contributed by atoms with E-state index in [0.29, 0.717) is 21.3 Å². The molecule has 2 heterocycles. The van der Waals surface area contributed by atoms with Crippen LogP contribution in [-0.2, 0) is 6.54 Å². The number of carbonyl (C=O) groups is 1. The Bertz CT molecular complexity index is 1350. The average Bonchev–Trinajstić information content (AvgIpc) is 2.85. The Labute approximate surface area is 208 Å². The van der Waals surface area contributed by atoms with Gasteiger partial charge >= 0.3 is 0 Å². The lowest BCUT2D eigenvalue weighted by Gasteiger charge is -2.27. The molecular formula is C27H24Cl2N4O. The fourth-order valence-corrected chi connectivity index (χ4v) is 4.78. The number of carbonyl (C=O) groups excluding carboxylic acids is 1. The Balaban J connectivity index is 1.37. The van der Waals surface area contributed by atoms with Crippen molar-refractivity contribution in [1.29, 1.82) is 0 Å². The largest absolute Gasteiger partial charge is 0.322 e. The number of hydrogen-bond donors (Lipinski definition) is 2. The summed E-state index contributed by atoms with van der Waals surface area (Å²) in [5.74, 6) is -0.266. The van der Waals surface area contributed by atoms with E-state index in [4.69, 9.17) is 23.2 Å². The zero-order valence-corrected chi connectivity index (χ0v) is 20.0. The summed E-state index contributed by atoms with van der Waals surface area (Å²) >= 11 is 13.0. The van der Waals surface area contributed by atoms with Gasteiger partial charge in [-0.05, 0) is 47.3 Å². The molecule has 1 aliphatic rings. The van der Waals surface area contributed by atoms with Crippen molar-refractivity contribution in [3.8, 4) is 11.3 Å². The Morgan fingerprint density at radius 2 is 1.79 bits per heavy atom. The van der Waals surface area contributed by atoms with Gasteiger partial charge in [0, 0.05) is 55.6 Å². The van der Waals surface area contributed by atoms with Gasteiger partial charge in [-0.2, -0.15) is 0 Å². The van der Waals surface area contributed by atoms with Crippen LogP contribution in [0, 0.1) is 0 Å². The van der Waals surface area contributed by atoms with Gasteiger partial charge < -0.3 is 10.6 Å². The number of nitrogens with one attached hydrogen (secondary N) is 2. The maximum Gasteiger partial charge on any atom is 0.257 e. The summed E-state index contributed by atoms with van der Waals surface area (Å²) < 4.78 is 0. The van der Waals surface area contributed by atoms with Crippen LogP contribution in [0.1, 0.15) is 15.9 Å². The molecule has 34 heavy (non-hydrogen) atoms.